The van der Waals surface area contributed by atoms with Gasteiger partial charge in [0.25, 0.3) is 5.56 Å². The Hall–Kier alpha value is -1.62. The molecule has 0 aliphatic heterocycles. The molecule has 4 nitrogen and oxygen atoms in total. The first-order valence-corrected chi connectivity index (χ1v) is 7.33. The SMILES string of the molecule is CCn1c(C)ccc(-c2csc(NC(C)C)n2)c1=O. The van der Waals surface area contributed by atoms with Crippen LogP contribution in [0.3, 0.4) is 0 Å². The van der Waals surface area contributed by atoms with Crippen LogP contribution in [0.1, 0.15) is 26.5 Å². The summed E-state index contributed by atoms with van der Waals surface area (Å²) in [4.78, 5) is 16.8. The summed E-state index contributed by atoms with van der Waals surface area (Å²) >= 11 is 1.53. The largest absolute Gasteiger partial charge is 0.359 e. The summed E-state index contributed by atoms with van der Waals surface area (Å²) in [6.45, 7) is 8.74. The monoisotopic (exact) mass is 277 g/mol. The molecule has 0 unspecified atom stereocenters. The number of nitrogens with one attached hydrogen (secondary N) is 1. The van der Waals surface area contributed by atoms with Gasteiger partial charge in [0.05, 0.1) is 11.3 Å². The van der Waals surface area contributed by atoms with Gasteiger partial charge in [0, 0.05) is 23.7 Å². The Labute approximate surface area is 117 Å². The van der Waals surface area contributed by atoms with Crippen LogP contribution in [-0.4, -0.2) is 15.6 Å². The first-order chi connectivity index (χ1) is 9.02. The molecular formula is C14H19N3OS. The van der Waals surface area contributed by atoms with Crippen LogP contribution in [0.2, 0.25) is 0 Å². The summed E-state index contributed by atoms with van der Waals surface area (Å²) in [5.41, 5.74) is 2.43. The Bertz CT molecular complexity index is 628. The second kappa shape index (κ2) is 5.57. The van der Waals surface area contributed by atoms with Crippen LogP contribution in [-0.2, 0) is 6.54 Å². The molecule has 2 heterocycles. The third-order valence-electron chi connectivity index (χ3n) is 2.90. The van der Waals surface area contributed by atoms with Gasteiger partial charge in [0.2, 0.25) is 0 Å². The highest BCUT2D eigenvalue weighted by atomic mass is 32.1. The minimum atomic E-state index is 0.0314. The molecule has 0 fully saturated rings. The predicted molar refractivity (Wildman–Crippen MR) is 81.0 cm³/mol. The number of rotatable bonds is 4. The fraction of sp³-hybridized carbons (Fsp3) is 0.429. The zero-order valence-electron chi connectivity index (χ0n) is 11.7. The standard InChI is InChI=1S/C14H19N3OS/c1-5-17-10(4)6-7-11(13(17)18)12-8-19-14(16-12)15-9(2)3/h6-9H,5H2,1-4H3,(H,15,16). The van der Waals surface area contributed by atoms with Gasteiger partial charge in [-0.05, 0) is 39.8 Å². The summed E-state index contributed by atoms with van der Waals surface area (Å²) in [6, 6.07) is 4.16. The molecule has 2 rings (SSSR count). The smallest absolute Gasteiger partial charge is 0.260 e. The lowest BCUT2D eigenvalue weighted by Gasteiger charge is -2.08. The lowest BCUT2D eigenvalue weighted by atomic mass is 10.2. The molecule has 2 aromatic rings. The minimum Gasteiger partial charge on any atom is -0.359 e. The molecule has 0 radical (unpaired) electrons. The number of pyridine rings is 1. The number of hydrogen-bond donors (Lipinski definition) is 1. The van der Waals surface area contributed by atoms with Crippen molar-refractivity contribution in [3.05, 3.63) is 33.6 Å². The summed E-state index contributed by atoms with van der Waals surface area (Å²) in [7, 11) is 0. The van der Waals surface area contributed by atoms with Crippen molar-refractivity contribution >= 4 is 16.5 Å². The molecule has 19 heavy (non-hydrogen) atoms. The van der Waals surface area contributed by atoms with Gasteiger partial charge in [-0.1, -0.05) is 0 Å². The zero-order valence-corrected chi connectivity index (χ0v) is 12.5. The normalized spacial score (nSPS) is 11.0. The summed E-state index contributed by atoms with van der Waals surface area (Å²) in [6.07, 6.45) is 0. The van der Waals surface area contributed by atoms with Crippen LogP contribution in [0, 0.1) is 6.92 Å². The number of aromatic nitrogens is 2. The van der Waals surface area contributed by atoms with E-state index >= 15 is 0 Å². The number of nitrogens with zero attached hydrogens (tertiary/aromatic N) is 2. The molecule has 5 heteroatoms. The van der Waals surface area contributed by atoms with Gasteiger partial charge in [-0.2, -0.15) is 0 Å². The Morgan fingerprint density at radius 2 is 2.16 bits per heavy atom. The Kier molecular flexibility index (Phi) is 4.04. The van der Waals surface area contributed by atoms with Crippen molar-refractivity contribution in [3.63, 3.8) is 0 Å². The molecule has 0 aliphatic rings. The number of thiazole rings is 1. The van der Waals surface area contributed by atoms with E-state index in [1.807, 2.05) is 31.4 Å². The number of hydrogen-bond acceptors (Lipinski definition) is 4. The highest BCUT2D eigenvalue weighted by Gasteiger charge is 2.11. The molecule has 0 saturated heterocycles. The fourth-order valence-electron chi connectivity index (χ4n) is 1.97. The van der Waals surface area contributed by atoms with E-state index in [4.69, 9.17) is 0 Å². The molecule has 102 valence electrons. The first kappa shape index (κ1) is 13.8. The molecule has 2 aromatic heterocycles. The van der Waals surface area contributed by atoms with Gasteiger partial charge < -0.3 is 9.88 Å². The Balaban J connectivity index is 2.42. The van der Waals surface area contributed by atoms with Gasteiger partial charge in [0.15, 0.2) is 5.13 Å². The number of aryl methyl sites for hydroxylation is 1. The van der Waals surface area contributed by atoms with Crippen molar-refractivity contribution in [2.75, 3.05) is 5.32 Å². The molecule has 0 spiro atoms. The van der Waals surface area contributed by atoms with Crippen molar-refractivity contribution < 1.29 is 0 Å². The van der Waals surface area contributed by atoms with Gasteiger partial charge in [-0.3, -0.25) is 4.79 Å². The van der Waals surface area contributed by atoms with E-state index in [0.29, 0.717) is 18.2 Å². The van der Waals surface area contributed by atoms with Crippen molar-refractivity contribution in [2.45, 2.75) is 40.3 Å². The van der Waals surface area contributed by atoms with Crippen molar-refractivity contribution in [2.24, 2.45) is 0 Å². The van der Waals surface area contributed by atoms with E-state index in [1.54, 1.807) is 4.57 Å². The predicted octanol–water partition coefficient (Wildman–Crippen LogP) is 3.12. The second-order valence-corrected chi connectivity index (χ2v) is 5.63. The van der Waals surface area contributed by atoms with E-state index in [-0.39, 0.29) is 5.56 Å². The lowest BCUT2D eigenvalue weighted by Crippen LogP contribution is -2.22. The molecule has 0 aliphatic carbocycles. The van der Waals surface area contributed by atoms with Crippen molar-refractivity contribution in [3.8, 4) is 11.3 Å². The van der Waals surface area contributed by atoms with Crippen molar-refractivity contribution in [1.29, 1.82) is 0 Å². The maximum absolute atomic E-state index is 12.4. The second-order valence-electron chi connectivity index (χ2n) is 4.77. The highest BCUT2D eigenvalue weighted by molar-refractivity contribution is 7.14. The van der Waals surface area contributed by atoms with Crippen LogP contribution in [0.25, 0.3) is 11.3 Å². The van der Waals surface area contributed by atoms with E-state index in [9.17, 15) is 4.79 Å². The average molecular weight is 277 g/mol. The molecule has 1 N–H and O–H groups in total. The Morgan fingerprint density at radius 1 is 1.42 bits per heavy atom. The van der Waals surface area contributed by atoms with E-state index in [0.717, 1.165) is 16.5 Å². The molecule has 0 amide bonds. The maximum atomic E-state index is 12.4. The van der Waals surface area contributed by atoms with Crippen LogP contribution in [0.5, 0.6) is 0 Å². The summed E-state index contributed by atoms with van der Waals surface area (Å²) in [5, 5.41) is 6.03. The first-order valence-electron chi connectivity index (χ1n) is 6.45. The minimum absolute atomic E-state index is 0.0314. The van der Waals surface area contributed by atoms with Gasteiger partial charge in [0.1, 0.15) is 0 Å². The Morgan fingerprint density at radius 3 is 2.79 bits per heavy atom. The topological polar surface area (TPSA) is 46.9 Å². The molecule has 0 saturated carbocycles. The maximum Gasteiger partial charge on any atom is 0.260 e. The van der Waals surface area contributed by atoms with E-state index in [2.05, 4.69) is 24.1 Å². The highest BCUT2D eigenvalue weighted by Crippen LogP contribution is 2.23. The summed E-state index contributed by atoms with van der Waals surface area (Å²) < 4.78 is 1.77. The molecule has 0 aromatic carbocycles. The van der Waals surface area contributed by atoms with Gasteiger partial charge in [-0.25, -0.2) is 4.98 Å². The molecular weight excluding hydrogens is 258 g/mol. The number of anilines is 1. The van der Waals surface area contributed by atoms with Crippen LogP contribution >= 0.6 is 11.3 Å². The van der Waals surface area contributed by atoms with Gasteiger partial charge >= 0.3 is 0 Å². The van der Waals surface area contributed by atoms with Crippen LogP contribution < -0.4 is 10.9 Å². The third kappa shape index (κ3) is 2.87. The van der Waals surface area contributed by atoms with Crippen LogP contribution in [0.4, 0.5) is 5.13 Å². The third-order valence-corrected chi connectivity index (χ3v) is 3.67. The zero-order chi connectivity index (χ0) is 14.0. The quantitative estimate of drug-likeness (QED) is 0.934. The van der Waals surface area contributed by atoms with Gasteiger partial charge in [-0.15, -0.1) is 11.3 Å². The van der Waals surface area contributed by atoms with E-state index < -0.39 is 0 Å². The van der Waals surface area contributed by atoms with Crippen LogP contribution in [0.15, 0.2) is 22.3 Å². The molecule has 0 bridgehead atoms. The van der Waals surface area contributed by atoms with Crippen molar-refractivity contribution in [1.82, 2.24) is 9.55 Å². The average Bonchev–Trinajstić information content (AvgIpc) is 2.77. The fourth-order valence-corrected chi connectivity index (χ4v) is 2.83. The van der Waals surface area contributed by atoms with E-state index in [1.165, 1.54) is 11.3 Å². The lowest BCUT2D eigenvalue weighted by molar-refractivity contribution is 0.702. The molecule has 0 atom stereocenters. The summed E-state index contributed by atoms with van der Waals surface area (Å²) in [5.74, 6) is 0.